The van der Waals surface area contributed by atoms with Gasteiger partial charge in [0.05, 0.1) is 18.4 Å². The summed E-state index contributed by atoms with van der Waals surface area (Å²) in [7, 11) is -1.99. The molecule has 6 rings (SSSR count). The van der Waals surface area contributed by atoms with Gasteiger partial charge < -0.3 is 18.4 Å². The van der Waals surface area contributed by atoms with E-state index in [9.17, 15) is 4.79 Å². The first-order chi connectivity index (χ1) is 19.4. The Morgan fingerprint density at radius 2 is 1.52 bits per heavy atom. The first kappa shape index (κ1) is 25.5. The minimum absolute atomic E-state index is 0.413. The SMILES string of the molecule is COC(=O)c1ccc(-n2cc(P(=O)(c3ccccc3)c3ccccc3)c3cc(-c4c(C)noc4C)cnc32)cc1. The van der Waals surface area contributed by atoms with Crippen molar-refractivity contribution in [3.63, 3.8) is 0 Å². The molecule has 0 aliphatic rings. The van der Waals surface area contributed by atoms with Crippen molar-refractivity contribution in [2.75, 3.05) is 7.11 Å². The lowest BCUT2D eigenvalue weighted by Gasteiger charge is -2.19. The van der Waals surface area contributed by atoms with Crippen LogP contribution in [0.3, 0.4) is 0 Å². The summed E-state index contributed by atoms with van der Waals surface area (Å²) in [5.41, 5.74) is 4.31. The molecule has 0 spiro atoms. The molecule has 0 bridgehead atoms. The summed E-state index contributed by atoms with van der Waals surface area (Å²) in [6, 6.07) is 28.2. The van der Waals surface area contributed by atoms with Gasteiger partial charge in [-0.15, -0.1) is 0 Å². The molecule has 0 amide bonds. The van der Waals surface area contributed by atoms with Crippen molar-refractivity contribution in [2.24, 2.45) is 0 Å². The van der Waals surface area contributed by atoms with E-state index in [4.69, 9.17) is 14.2 Å². The molecule has 6 aromatic rings. The van der Waals surface area contributed by atoms with E-state index in [-0.39, 0.29) is 0 Å². The molecule has 0 saturated heterocycles. The summed E-state index contributed by atoms with van der Waals surface area (Å²) in [5, 5.41) is 6.99. The lowest BCUT2D eigenvalue weighted by Crippen LogP contribution is -2.24. The molecule has 0 aliphatic heterocycles. The molecule has 3 heterocycles. The van der Waals surface area contributed by atoms with Crippen LogP contribution >= 0.6 is 7.14 Å². The number of aryl methyl sites for hydroxylation is 2. The second-order valence-corrected chi connectivity index (χ2v) is 12.2. The van der Waals surface area contributed by atoms with Crippen LogP contribution in [-0.2, 0) is 9.30 Å². The lowest BCUT2D eigenvalue weighted by molar-refractivity contribution is 0.0600. The topological polar surface area (TPSA) is 87.2 Å². The Labute approximate surface area is 231 Å². The van der Waals surface area contributed by atoms with Crippen LogP contribution in [0.2, 0.25) is 0 Å². The maximum absolute atomic E-state index is 15.5. The zero-order valence-electron chi connectivity index (χ0n) is 22.2. The van der Waals surface area contributed by atoms with Crippen LogP contribution < -0.4 is 15.9 Å². The average Bonchev–Trinajstić information content (AvgIpc) is 3.56. The summed E-state index contributed by atoms with van der Waals surface area (Å²) < 4.78 is 27.7. The van der Waals surface area contributed by atoms with Gasteiger partial charge in [-0.05, 0) is 44.2 Å². The minimum atomic E-state index is -3.35. The molecule has 198 valence electrons. The largest absolute Gasteiger partial charge is 0.465 e. The van der Waals surface area contributed by atoms with Crippen LogP contribution in [0.5, 0.6) is 0 Å². The number of aromatic nitrogens is 3. The number of hydrogen-bond donors (Lipinski definition) is 0. The zero-order valence-corrected chi connectivity index (χ0v) is 23.1. The molecule has 3 aromatic carbocycles. The fourth-order valence-electron chi connectivity index (χ4n) is 5.15. The number of nitrogens with zero attached hydrogens (tertiary/aromatic N) is 3. The molecule has 0 fully saturated rings. The highest BCUT2D eigenvalue weighted by Gasteiger charge is 2.34. The van der Waals surface area contributed by atoms with E-state index in [2.05, 4.69) is 5.16 Å². The van der Waals surface area contributed by atoms with E-state index in [1.165, 1.54) is 7.11 Å². The van der Waals surface area contributed by atoms with E-state index in [0.717, 1.165) is 38.5 Å². The zero-order chi connectivity index (χ0) is 27.9. The smallest absolute Gasteiger partial charge is 0.337 e. The number of ether oxygens (including phenoxy) is 1. The fraction of sp³-hybridized carbons (Fsp3) is 0.0938. The van der Waals surface area contributed by atoms with Crippen LogP contribution in [-0.4, -0.2) is 27.8 Å². The molecule has 40 heavy (non-hydrogen) atoms. The van der Waals surface area contributed by atoms with Crippen molar-refractivity contribution >= 4 is 40.1 Å². The normalized spacial score (nSPS) is 11.6. The Bertz CT molecular complexity index is 1830. The minimum Gasteiger partial charge on any atom is -0.465 e. The van der Waals surface area contributed by atoms with Crippen molar-refractivity contribution in [2.45, 2.75) is 13.8 Å². The molecule has 0 N–H and O–H groups in total. The third-order valence-corrected chi connectivity index (χ3v) is 10.2. The summed E-state index contributed by atoms with van der Waals surface area (Å²) in [6.45, 7) is 3.76. The maximum Gasteiger partial charge on any atom is 0.337 e. The van der Waals surface area contributed by atoms with Crippen LogP contribution in [0.4, 0.5) is 0 Å². The number of carbonyl (C=O) groups is 1. The second-order valence-electron chi connectivity index (χ2n) is 9.50. The third kappa shape index (κ3) is 4.16. The van der Waals surface area contributed by atoms with Crippen molar-refractivity contribution in [1.29, 1.82) is 0 Å². The first-order valence-electron chi connectivity index (χ1n) is 12.8. The first-order valence-corrected chi connectivity index (χ1v) is 14.5. The van der Waals surface area contributed by atoms with Gasteiger partial charge in [-0.25, -0.2) is 9.78 Å². The van der Waals surface area contributed by atoms with Crippen LogP contribution in [0.15, 0.2) is 108 Å². The quantitative estimate of drug-likeness (QED) is 0.196. The number of fused-ring (bicyclic) bond motifs is 1. The van der Waals surface area contributed by atoms with Crippen molar-refractivity contribution in [1.82, 2.24) is 14.7 Å². The molecule has 0 radical (unpaired) electrons. The molecular weight excluding hydrogens is 521 g/mol. The van der Waals surface area contributed by atoms with E-state index in [1.807, 2.05) is 103 Å². The molecule has 0 aliphatic carbocycles. The van der Waals surface area contributed by atoms with Gasteiger partial charge in [0, 0.05) is 50.5 Å². The Kier molecular flexibility index (Phi) is 6.45. The average molecular weight is 548 g/mol. The summed E-state index contributed by atoms with van der Waals surface area (Å²) in [4.78, 5) is 16.9. The van der Waals surface area contributed by atoms with E-state index < -0.39 is 13.1 Å². The number of carbonyl (C=O) groups excluding carboxylic acids is 1. The summed E-state index contributed by atoms with van der Waals surface area (Å²) in [6.07, 6.45) is 3.69. The predicted octanol–water partition coefficient (Wildman–Crippen LogP) is 5.72. The van der Waals surface area contributed by atoms with Gasteiger partial charge in [0.1, 0.15) is 11.4 Å². The Balaban J connectivity index is 1.66. The Hall–Kier alpha value is -4.74. The summed E-state index contributed by atoms with van der Waals surface area (Å²) in [5.74, 6) is 0.275. The lowest BCUT2D eigenvalue weighted by atomic mass is 10.1. The molecular formula is C32H26N3O4P. The molecule has 0 atom stereocenters. The molecule has 8 heteroatoms. The Morgan fingerprint density at radius 3 is 2.08 bits per heavy atom. The van der Waals surface area contributed by atoms with E-state index in [1.54, 1.807) is 18.3 Å². The van der Waals surface area contributed by atoms with Gasteiger partial charge in [-0.1, -0.05) is 65.8 Å². The van der Waals surface area contributed by atoms with Crippen molar-refractivity contribution in [3.8, 4) is 16.8 Å². The van der Waals surface area contributed by atoms with Gasteiger partial charge in [-0.3, -0.25) is 0 Å². The molecule has 3 aromatic heterocycles. The third-order valence-electron chi connectivity index (χ3n) is 7.09. The number of methoxy groups -OCH3 is 1. The molecule has 0 unspecified atom stereocenters. The fourth-order valence-corrected chi connectivity index (χ4v) is 7.97. The van der Waals surface area contributed by atoms with Gasteiger partial charge in [0.15, 0.2) is 7.14 Å². The van der Waals surface area contributed by atoms with Crippen LogP contribution in [0.25, 0.3) is 27.8 Å². The van der Waals surface area contributed by atoms with Crippen LogP contribution in [0.1, 0.15) is 21.8 Å². The molecule has 0 saturated carbocycles. The van der Waals surface area contributed by atoms with Crippen molar-refractivity contribution in [3.05, 3.63) is 120 Å². The van der Waals surface area contributed by atoms with Gasteiger partial charge in [0.2, 0.25) is 0 Å². The van der Waals surface area contributed by atoms with Gasteiger partial charge >= 0.3 is 5.97 Å². The number of hydrogen-bond acceptors (Lipinski definition) is 6. The highest BCUT2D eigenvalue weighted by atomic mass is 31.2. The van der Waals surface area contributed by atoms with Crippen molar-refractivity contribution < 1.29 is 18.6 Å². The monoisotopic (exact) mass is 547 g/mol. The molecule has 7 nitrogen and oxygen atoms in total. The number of esters is 1. The highest BCUT2D eigenvalue weighted by molar-refractivity contribution is 7.85. The summed E-state index contributed by atoms with van der Waals surface area (Å²) >= 11 is 0. The number of benzene rings is 3. The maximum atomic E-state index is 15.5. The second kappa shape index (κ2) is 10.1. The van der Waals surface area contributed by atoms with E-state index in [0.29, 0.717) is 22.3 Å². The predicted molar refractivity (Wildman–Crippen MR) is 157 cm³/mol. The number of rotatable bonds is 6. The van der Waals surface area contributed by atoms with Gasteiger partial charge in [0.25, 0.3) is 0 Å². The standard InChI is InChI=1S/C32H26N3O4P/c1-21-30(22(2)39-34-21)24-18-28-29(40(37,26-10-6-4-7-11-26)27-12-8-5-9-13-27)20-35(31(28)33-19-24)25-16-14-23(15-17-25)32(36)38-3/h4-20H,1-3H3. The van der Waals surface area contributed by atoms with E-state index >= 15 is 4.57 Å². The van der Waals surface area contributed by atoms with Crippen LogP contribution in [0, 0.1) is 13.8 Å². The van der Waals surface area contributed by atoms with Gasteiger partial charge in [-0.2, -0.15) is 0 Å². The number of pyridine rings is 1. The highest BCUT2D eigenvalue weighted by Crippen LogP contribution is 2.45. The Morgan fingerprint density at radius 1 is 0.900 bits per heavy atom.